The van der Waals surface area contributed by atoms with Gasteiger partial charge in [-0.25, -0.2) is 0 Å². The molecule has 0 spiro atoms. The van der Waals surface area contributed by atoms with Gasteiger partial charge in [0.05, 0.1) is 13.2 Å². The second-order valence-electron chi connectivity index (χ2n) is 6.39. The third kappa shape index (κ3) is 1.55. The molecule has 2 heterocycles. The summed E-state index contributed by atoms with van der Waals surface area (Å²) in [6.45, 7) is -1.99. The average Bonchev–Trinajstić information content (AvgIpc) is 2.63. The van der Waals surface area contributed by atoms with Crippen molar-refractivity contribution in [3.63, 3.8) is 0 Å². The Kier molecular flexibility index (Phi) is 3.84. The van der Waals surface area contributed by atoms with Gasteiger partial charge in [-0.15, -0.1) is 0 Å². The quantitative estimate of drug-likeness (QED) is 0.223. The maximum absolute atomic E-state index is 10.8. The van der Waals surface area contributed by atoms with Crippen LogP contribution in [0.5, 0.6) is 0 Å². The topological polar surface area (TPSA) is 221 Å². The SMILES string of the molecule is OC[C@H]1O[C@]2(O)[C@@](O)([C@@H](O)[C@H]1O)[C@@]1(O)[C@@H](O)[C@@]2(O)O[C@H](CO)[C@@H]1O. The van der Waals surface area contributed by atoms with E-state index in [-0.39, 0.29) is 0 Å². The first-order valence-corrected chi connectivity index (χ1v) is 7.16. The van der Waals surface area contributed by atoms with Crippen molar-refractivity contribution in [1.29, 1.82) is 0 Å². The summed E-state index contributed by atoms with van der Waals surface area (Å²) in [5.74, 6) is -6.78. The standard InChI is InChI=1S/C12H20O12/c13-1-3-5(15)7(17)10(20)9(19)6(16)4(2-14)23-11(21,8(9)18)12(10,22)24-3/h3-8,13-22H,1-2H2/t3-,4-,5+,6+,7+,8-,9+,10-,11-,12-/m1/s1. The first kappa shape index (κ1) is 18.3. The normalized spacial score (nSPS) is 63.2. The van der Waals surface area contributed by atoms with Gasteiger partial charge in [0, 0.05) is 0 Å². The summed E-state index contributed by atoms with van der Waals surface area (Å²) in [5.41, 5.74) is -6.70. The van der Waals surface area contributed by atoms with E-state index in [4.69, 9.17) is 9.47 Å². The molecule has 2 bridgehead atoms. The highest BCUT2D eigenvalue weighted by Crippen LogP contribution is 2.62. The minimum absolute atomic E-state index is 0.979. The Hall–Kier alpha value is -0.480. The second kappa shape index (κ2) is 5.03. The molecule has 3 fully saturated rings. The Balaban J connectivity index is 2.26. The summed E-state index contributed by atoms with van der Waals surface area (Å²) in [7, 11) is 0. The molecule has 24 heavy (non-hydrogen) atoms. The third-order valence-corrected chi connectivity index (χ3v) is 5.35. The predicted molar refractivity (Wildman–Crippen MR) is 67.7 cm³/mol. The van der Waals surface area contributed by atoms with Crippen LogP contribution in [0.1, 0.15) is 0 Å². The fourth-order valence-corrected chi connectivity index (χ4v) is 3.98. The summed E-state index contributed by atoms with van der Waals surface area (Å²) in [6.07, 6.45) is -13.0. The summed E-state index contributed by atoms with van der Waals surface area (Å²) in [5, 5.41) is 102. The van der Waals surface area contributed by atoms with Gasteiger partial charge in [0.1, 0.15) is 36.6 Å². The smallest absolute Gasteiger partial charge is 0.260 e. The highest BCUT2D eigenvalue weighted by Gasteiger charge is 2.93. The molecule has 2 saturated heterocycles. The zero-order chi connectivity index (χ0) is 18.3. The Morgan fingerprint density at radius 1 is 0.750 bits per heavy atom. The predicted octanol–water partition coefficient (Wildman–Crippen LogP) is -6.93. The number of hydrogen-bond acceptors (Lipinski definition) is 12. The molecule has 12 nitrogen and oxygen atoms in total. The number of ether oxygens (including phenoxy) is 2. The van der Waals surface area contributed by atoms with Crippen molar-refractivity contribution in [2.45, 2.75) is 59.4 Å². The molecule has 0 aromatic rings. The molecule has 0 aromatic carbocycles. The van der Waals surface area contributed by atoms with Crippen molar-refractivity contribution in [3.8, 4) is 0 Å². The van der Waals surface area contributed by atoms with Crippen LogP contribution in [0.4, 0.5) is 0 Å². The number of aliphatic hydroxyl groups excluding tert-OH is 6. The van der Waals surface area contributed by atoms with Gasteiger partial charge >= 0.3 is 0 Å². The monoisotopic (exact) mass is 356 g/mol. The second-order valence-corrected chi connectivity index (χ2v) is 6.39. The number of fused-ring (bicyclic) bond motifs is 5. The Bertz CT molecular complexity index is 532. The van der Waals surface area contributed by atoms with Crippen molar-refractivity contribution in [2.24, 2.45) is 0 Å². The third-order valence-electron chi connectivity index (χ3n) is 5.35. The van der Waals surface area contributed by atoms with E-state index in [0.717, 1.165) is 0 Å². The van der Waals surface area contributed by atoms with Crippen LogP contribution < -0.4 is 0 Å². The fraction of sp³-hybridized carbons (Fsp3) is 1.00. The van der Waals surface area contributed by atoms with Crippen LogP contribution in [-0.2, 0) is 9.47 Å². The van der Waals surface area contributed by atoms with Gasteiger partial charge in [-0.2, -0.15) is 0 Å². The molecule has 10 atom stereocenters. The zero-order valence-electron chi connectivity index (χ0n) is 12.2. The van der Waals surface area contributed by atoms with Gasteiger partial charge in [-0.1, -0.05) is 0 Å². The lowest BCUT2D eigenvalue weighted by Gasteiger charge is -2.53. The van der Waals surface area contributed by atoms with E-state index in [9.17, 15) is 51.1 Å². The van der Waals surface area contributed by atoms with Crippen molar-refractivity contribution < 1.29 is 60.5 Å². The highest BCUT2D eigenvalue weighted by atomic mass is 16.8. The van der Waals surface area contributed by atoms with E-state index >= 15 is 0 Å². The first-order chi connectivity index (χ1) is 11.0. The number of aliphatic hydroxyl groups is 10. The van der Waals surface area contributed by atoms with Crippen LogP contribution in [0, 0.1) is 0 Å². The van der Waals surface area contributed by atoms with Crippen molar-refractivity contribution in [1.82, 2.24) is 0 Å². The van der Waals surface area contributed by atoms with Crippen molar-refractivity contribution in [2.75, 3.05) is 13.2 Å². The number of hydrogen-bond donors (Lipinski definition) is 10. The van der Waals surface area contributed by atoms with Crippen LogP contribution in [0.25, 0.3) is 0 Å². The molecule has 140 valence electrons. The molecule has 12 heteroatoms. The Morgan fingerprint density at radius 3 is 1.79 bits per heavy atom. The van der Waals surface area contributed by atoms with E-state index in [1.54, 1.807) is 0 Å². The molecule has 1 saturated carbocycles. The maximum atomic E-state index is 10.8. The average molecular weight is 356 g/mol. The maximum Gasteiger partial charge on any atom is 0.260 e. The molecular weight excluding hydrogens is 336 g/mol. The Morgan fingerprint density at radius 2 is 1.29 bits per heavy atom. The molecule has 3 aliphatic rings. The van der Waals surface area contributed by atoms with Crippen LogP contribution >= 0.6 is 0 Å². The summed E-state index contributed by atoms with van der Waals surface area (Å²) in [6, 6.07) is 0. The molecule has 3 rings (SSSR count). The van der Waals surface area contributed by atoms with Gasteiger partial charge in [-0.3, -0.25) is 0 Å². The molecule has 1 aliphatic carbocycles. The molecule has 2 aliphatic heterocycles. The van der Waals surface area contributed by atoms with Gasteiger partial charge in [0.15, 0.2) is 11.2 Å². The summed E-state index contributed by atoms with van der Waals surface area (Å²) < 4.78 is 9.74. The van der Waals surface area contributed by atoms with E-state index < -0.39 is 72.6 Å². The lowest BCUT2D eigenvalue weighted by Crippen LogP contribution is -2.81. The largest absolute Gasteiger partial charge is 0.394 e. The summed E-state index contributed by atoms with van der Waals surface area (Å²) >= 11 is 0. The zero-order valence-corrected chi connectivity index (χ0v) is 12.2. The van der Waals surface area contributed by atoms with Gasteiger partial charge in [0.25, 0.3) is 11.6 Å². The minimum Gasteiger partial charge on any atom is -0.394 e. The van der Waals surface area contributed by atoms with E-state index in [1.165, 1.54) is 0 Å². The van der Waals surface area contributed by atoms with E-state index in [2.05, 4.69) is 0 Å². The van der Waals surface area contributed by atoms with Crippen LogP contribution in [0.15, 0.2) is 0 Å². The molecule has 0 amide bonds. The van der Waals surface area contributed by atoms with E-state index in [0.29, 0.717) is 0 Å². The minimum atomic E-state index is -3.47. The van der Waals surface area contributed by atoms with Crippen LogP contribution in [0.2, 0.25) is 0 Å². The first-order valence-electron chi connectivity index (χ1n) is 7.16. The van der Waals surface area contributed by atoms with Crippen molar-refractivity contribution >= 4 is 0 Å². The molecule has 0 unspecified atom stereocenters. The summed E-state index contributed by atoms with van der Waals surface area (Å²) in [4.78, 5) is 0. The number of rotatable bonds is 2. The fourth-order valence-electron chi connectivity index (χ4n) is 3.98. The van der Waals surface area contributed by atoms with Gasteiger partial charge < -0.3 is 60.5 Å². The van der Waals surface area contributed by atoms with Crippen LogP contribution in [-0.4, -0.2) is 124 Å². The molecule has 0 aromatic heterocycles. The lowest BCUT2D eigenvalue weighted by molar-refractivity contribution is -0.462. The molecular formula is C12H20O12. The van der Waals surface area contributed by atoms with Crippen molar-refractivity contribution in [3.05, 3.63) is 0 Å². The van der Waals surface area contributed by atoms with Gasteiger partial charge in [0.2, 0.25) is 0 Å². The van der Waals surface area contributed by atoms with Crippen LogP contribution in [0.3, 0.4) is 0 Å². The van der Waals surface area contributed by atoms with E-state index in [1.807, 2.05) is 0 Å². The molecule has 0 radical (unpaired) electrons. The van der Waals surface area contributed by atoms with Gasteiger partial charge in [-0.05, 0) is 0 Å². The highest BCUT2D eigenvalue weighted by molar-refractivity contribution is 5.35. The Labute approximate surface area is 134 Å². The molecule has 10 N–H and O–H groups in total. The lowest BCUT2D eigenvalue weighted by atomic mass is 9.70.